The maximum Gasteiger partial charge on any atom is 0.331 e. The molecule has 0 saturated heterocycles. The lowest BCUT2D eigenvalue weighted by Gasteiger charge is -2.29. The van der Waals surface area contributed by atoms with Crippen LogP contribution in [-0.4, -0.2) is 11.7 Å². The number of unbranched alkanes of at least 4 members (excludes halogenated alkanes) is 3. The number of fused-ring (bicyclic) bond motifs is 2. The van der Waals surface area contributed by atoms with Crippen molar-refractivity contribution < 1.29 is 9.53 Å². The number of rotatable bonds is 13. The number of carbonyl (C=O) groups is 1. The Morgan fingerprint density at radius 3 is 2.47 bits per heavy atom. The minimum atomic E-state index is -0.996. The minimum absolute atomic E-state index is 0.485. The molecule has 1 aliphatic rings. The van der Waals surface area contributed by atoms with E-state index in [0.717, 1.165) is 49.3 Å². The zero-order chi connectivity index (χ0) is 24.6. The van der Waals surface area contributed by atoms with E-state index in [1.54, 1.807) is 6.08 Å². The number of esters is 1. The van der Waals surface area contributed by atoms with Crippen LogP contribution in [0, 0.1) is 0 Å². The minimum Gasteiger partial charge on any atom is -0.441 e. The predicted molar refractivity (Wildman–Crippen MR) is 144 cm³/mol. The van der Waals surface area contributed by atoms with Crippen molar-refractivity contribution in [2.24, 2.45) is 5.73 Å². The zero-order valence-electron chi connectivity index (χ0n) is 20.0. The van der Waals surface area contributed by atoms with E-state index in [1.165, 1.54) is 26.5 Å². The summed E-state index contributed by atoms with van der Waals surface area (Å²) in [5.41, 5.74) is 11.2. The van der Waals surface area contributed by atoms with E-state index in [-0.39, 0.29) is 0 Å². The summed E-state index contributed by atoms with van der Waals surface area (Å²) in [5.74, 6) is -0.485. The van der Waals surface area contributed by atoms with E-state index >= 15 is 0 Å². The van der Waals surface area contributed by atoms with Crippen molar-refractivity contribution in [1.29, 1.82) is 0 Å². The third kappa shape index (κ3) is 6.85. The van der Waals surface area contributed by atoms with Crippen LogP contribution in [0.2, 0.25) is 0 Å². The zero-order valence-corrected chi connectivity index (χ0v) is 20.8. The topological polar surface area (TPSA) is 52.3 Å². The third-order valence-corrected chi connectivity index (χ3v) is 7.40. The van der Waals surface area contributed by atoms with E-state index in [9.17, 15) is 4.79 Å². The summed E-state index contributed by atoms with van der Waals surface area (Å²) in [4.78, 5) is 14.3. The van der Waals surface area contributed by atoms with Gasteiger partial charge in [0.2, 0.25) is 0 Å². The van der Waals surface area contributed by atoms with Crippen LogP contribution >= 0.6 is 11.8 Å². The predicted octanol–water partition coefficient (Wildman–Crippen LogP) is 7.61. The van der Waals surface area contributed by atoms with E-state index < -0.39 is 11.7 Å². The monoisotopic (exact) mass is 473 g/mol. The van der Waals surface area contributed by atoms with E-state index in [0.29, 0.717) is 19.3 Å². The molecule has 0 spiro atoms. The highest BCUT2D eigenvalue weighted by atomic mass is 32.2. The van der Waals surface area contributed by atoms with Crippen LogP contribution in [0.25, 0.3) is 5.57 Å². The number of benzene rings is 2. The van der Waals surface area contributed by atoms with Gasteiger partial charge in [-0.3, -0.25) is 5.73 Å². The van der Waals surface area contributed by atoms with Crippen LogP contribution < -0.4 is 5.73 Å². The largest absolute Gasteiger partial charge is 0.441 e. The average Bonchev–Trinajstić information content (AvgIpc) is 2.85. The van der Waals surface area contributed by atoms with Gasteiger partial charge in [0.25, 0.3) is 0 Å². The first-order valence-electron chi connectivity index (χ1n) is 11.9. The molecule has 4 heteroatoms. The molecule has 1 atom stereocenters. The molecule has 2 aromatic rings. The van der Waals surface area contributed by atoms with Crippen molar-refractivity contribution >= 4 is 23.3 Å². The molecule has 34 heavy (non-hydrogen) atoms. The Balaban J connectivity index is 1.47. The molecule has 1 heterocycles. The Labute approximate surface area is 208 Å². The highest BCUT2D eigenvalue weighted by molar-refractivity contribution is 7.99. The quantitative estimate of drug-likeness (QED) is 0.0912. The Kier molecular flexibility index (Phi) is 9.14. The average molecular weight is 474 g/mol. The Morgan fingerprint density at radius 2 is 1.71 bits per heavy atom. The Morgan fingerprint density at radius 1 is 0.971 bits per heavy atom. The van der Waals surface area contributed by atoms with Gasteiger partial charge in [0.1, 0.15) is 0 Å². The van der Waals surface area contributed by atoms with Crippen LogP contribution in [-0.2, 0) is 16.0 Å². The van der Waals surface area contributed by atoms with Crippen molar-refractivity contribution in [2.45, 2.75) is 66.9 Å². The normalized spacial score (nSPS) is 13.9. The molecule has 0 bridgehead atoms. The van der Waals surface area contributed by atoms with Gasteiger partial charge >= 0.3 is 5.97 Å². The van der Waals surface area contributed by atoms with Crippen molar-refractivity contribution in [1.82, 2.24) is 0 Å². The van der Waals surface area contributed by atoms with E-state index in [4.69, 9.17) is 10.5 Å². The lowest BCUT2D eigenvalue weighted by Crippen LogP contribution is -2.44. The van der Waals surface area contributed by atoms with Crippen molar-refractivity contribution in [3.63, 3.8) is 0 Å². The Hall–Kier alpha value is -2.82. The van der Waals surface area contributed by atoms with E-state index in [1.807, 2.05) is 11.8 Å². The summed E-state index contributed by atoms with van der Waals surface area (Å²) in [5, 5.41) is 0. The summed E-state index contributed by atoms with van der Waals surface area (Å²) in [6.45, 7) is 15.5. The third-order valence-electron chi connectivity index (χ3n) is 6.25. The molecule has 178 valence electrons. The summed E-state index contributed by atoms with van der Waals surface area (Å²) in [7, 11) is 0. The molecule has 2 aromatic carbocycles. The van der Waals surface area contributed by atoms with Gasteiger partial charge in [0.15, 0.2) is 5.72 Å². The fourth-order valence-electron chi connectivity index (χ4n) is 4.18. The molecule has 0 fully saturated rings. The molecule has 0 aliphatic carbocycles. The van der Waals surface area contributed by atoms with Crippen LogP contribution in [0.15, 0.2) is 96.3 Å². The number of allylic oxidation sites excluding steroid dienone is 2. The van der Waals surface area contributed by atoms with Gasteiger partial charge in [-0.2, -0.15) is 0 Å². The van der Waals surface area contributed by atoms with Crippen molar-refractivity contribution in [3.8, 4) is 0 Å². The second-order valence-electron chi connectivity index (χ2n) is 8.87. The van der Waals surface area contributed by atoms with E-state index in [2.05, 4.69) is 68.8 Å². The molecule has 0 aromatic heterocycles. The lowest BCUT2D eigenvalue weighted by atomic mass is 9.95. The van der Waals surface area contributed by atoms with Gasteiger partial charge < -0.3 is 4.74 Å². The number of ether oxygens (including phenoxy) is 1. The fourth-order valence-corrected chi connectivity index (χ4v) is 5.29. The standard InChI is InChI=1S/C30H35NO2S/c1-5-22(3)18-20-30(31,33-29(32)6-2)19-12-8-7-9-13-24-16-17-28-26(21-24)23(4)25-14-10-11-15-27(25)34-28/h5-6,10-11,14-17,21H,1-4,7-9,12-13,18-20,31H2. The molecular weight excluding hydrogens is 438 g/mol. The van der Waals surface area contributed by atoms with Crippen LogP contribution in [0.5, 0.6) is 0 Å². The van der Waals surface area contributed by atoms with Crippen molar-refractivity contribution in [2.75, 3.05) is 0 Å². The van der Waals surface area contributed by atoms with Crippen LogP contribution in [0.3, 0.4) is 0 Å². The molecule has 0 radical (unpaired) electrons. The second-order valence-corrected chi connectivity index (χ2v) is 9.96. The lowest BCUT2D eigenvalue weighted by molar-refractivity contribution is -0.154. The molecule has 0 saturated carbocycles. The summed E-state index contributed by atoms with van der Waals surface area (Å²) in [6.07, 6.45) is 9.83. The molecule has 0 amide bonds. The first kappa shape index (κ1) is 25.8. The van der Waals surface area contributed by atoms with Gasteiger partial charge in [-0.15, -0.1) is 0 Å². The maximum atomic E-state index is 11.8. The molecule has 3 nitrogen and oxygen atoms in total. The SMILES string of the molecule is C=CC(=C)CCC(N)(CCCCCCc1ccc2c(c1)C(=C)c1ccccc1S2)OC(=O)C=C. The number of carbonyl (C=O) groups excluding carboxylic acids is 1. The number of hydrogen-bond donors (Lipinski definition) is 1. The van der Waals surface area contributed by atoms with Gasteiger partial charge in [0.05, 0.1) is 0 Å². The summed E-state index contributed by atoms with van der Waals surface area (Å²) in [6, 6.07) is 15.2. The fraction of sp³-hybridized carbons (Fsp3) is 0.300. The molecule has 3 rings (SSSR count). The summed E-state index contributed by atoms with van der Waals surface area (Å²) >= 11 is 1.82. The number of aryl methyl sites for hydroxylation is 1. The molecule has 1 aliphatic heterocycles. The smallest absolute Gasteiger partial charge is 0.331 e. The first-order valence-corrected chi connectivity index (χ1v) is 12.7. The first-order chi connectivity index (χ1) is 16.3. The van der Waals surface area contributed by atoms with Gasteiger partial charge in [-0.25, -0.2) is 4.79 Å². The Bertz CT molecular complexity index is 1090. The second kappa shape index (κ2) is 12.0. The molecule has 2 N–H and O–H groups in total. The highest BCUT2D eigenvalue weighted by Gasteiger charge is 2.28. The number of nitrogens with two attached hydrogens (primary N) is 1. The number of hydrogen-bond acceptors (Lipinski definition) is 4. The highest BCUT2D eigenvalue weighted by Crippen LogP contribution is 2.44. The van der Waals surface area contributed by atoms with Gasteiger partial charge in [-0.05, 0) is 60.1 Å². The van der Waals surface area contributed by atoms with Crippen LogP contribution in [0.1, 0.15) is 61.6 Å². The molecule has 1 unspecified atom stereocenters. The molecular formula is C30H35NO2S. The van der Waals surface area contributed by atoms with Crippen LogP contribution in [0.4, 0.5) is 0 Å². The maximum absolute atomic E-state index is 11.8. The van der Waals surface area contributed by atoms with Gasteiger partial charge in [0, 0.05) is 28.7 Å². The van der Waals surface area contributed by atoms with Gasteiger partial charge in [-0.1, -0.05) is 92.9 Å². The van der Waals surface area contributed by atoms with Crippen molar-refractivity contribution in [3.05, 3.63) is 103 Å². The summed E-state index contributed by atoms with van der Waals surface area (Å²) < 4.78 is 5.48.